The number of amides is 3. The van der Waals surface area contributed by atoms with Crippen LogP contribution >= 0.6 is 0 Å². The van der Waals surface area contributed by atoms with Crippen LogP contribution in [0.5, 0.6) is 0 Å². The van der Waals surface area contributed by atoms with Crippen LogP contribution in [0.3, 0.4) is 0 Å². The first kappa shape index (κ1) is 10.4. The maximum absolute atomic E-state index is 13.6. The second-order valence-corrected chi connectivity index (χ2v) is 2.53. The molecule has 0 unspecified atom stereocenters. The van der Waals surface area contributed by atoms with E-state index in [0.29, 0.717) is 0 Å². The molecule has 7 nitrogen and oxygen atoms in total. The molecule has 0 saturated carbocycles. The molecule has 0 spiro atoms. The van der Waals surface area contributed by atoms with Crippen LogP contribution < -0.4 is 10.6 Å². The summed E-state index contributed by atoms with van der Waals surface area (Å²) in [6, 6.07) is -1.08. The van der Waals surface area contributed by atoms with Crippen LogP contribution in [0.25, 0.3) is 0 Å². The zero-order valence-electron chi connectivity index (χ0n) is 7.04. The Kier molecular flexibility index (Phi) is 2.39. The first-order valence-corrected chi connectivity index (χ1v) is 3.50. The van der Waals surface area contributed by atoms with Crippen molar-refractivity contribution in [3.8, 4) is 0 Å². The number of ether oxygens (including phenoxy) is 1. The summed E-state index contributed by atoms with van der Waals surface area (Å²) >= 11 is 0. The Hall–Kier alpha value is -1.70. The minimum absolute atomic E-state index is 0.847. The SMILES string of the molecule is COC(=O)[C@@]1(F)C(=O)NC(=O)N[C@@H]1O. The fourth-order valence-corrected chi connectivity index (χ4v) is 0.931. The summed E-state index contributed by atoms with van der Waals surface area (Å²) in [4.78, 5) is 32.3. The van der Waals surface area contributed by atoms with Crippen LogP contribution in [0.1, 0.15) is 0 Å². The lowest BCUT2D eigenvalue weighted by Crippen LogP contribution is -2.70. The van der Waals surface area contributed by atoms with Crippen LogP contribution in [0.4, 0.5) is 9.18 Å². The predicted octanol–water partition coefficient (Wildman–Crippen LogP) is -1.97. The molecule has 0 radical (unpaired) electrons. The van der Waals surface area contributed by atoms with Gasteiger partial charge in [-0.15, -0.1) is 0 Å². The standard InChI is InChI=1S/C6H7FN2O5/c1-14-4(12)6(7)2(10)8-5(13)9-3(6)11/h2,10H,1H3,(H2,8,9,11,13)/t2-,6+/m1/s1. The minimum atomic E-state index is -3.30. The maximum Gasteiger partial charge on any atom is 0.358 e. The zero-order valence-corrected chi connectivity index (χ0v) is 7.04. The van der Waals surface area contributed by atoms with Gasteiger partial charge in [-0.3, -0.25) is 10.1 Å². The summed E-state index contributed by atoms with van der Waals surface area (Å²) in [6.45, 7) is 0. The van der Waals surface area contributed by atoms with E-state index in [1.165, 1.54) is 5.32 Å². The normalized spacial score (nSPS) is 31.8. The summed E-state index contributed by atoms with van der Waals surface area (Å²) in [6.07, 6.45) is -2.25. The van der Waals surface area contributed by atoms with E-state index in [-0.39, 0.29) is 0 Å². The highest BCUT2D eigenvalue weighted by Gasteiger charge is 2.58. The fraction of sp³-hybridized carbons (Fsp3) is 0.500. The predicted molar refractivity (Wildman–Crippen MR) is 38.5 cm³/mol. The molecule has 3 amide bonds. The fourth-order valence-electron chi connectivity index (χ4n) is 0.931. The van der Waals surface area contributed by atoms with Gasteiger partial charge < -0.3 is 15.2 Å². The van der Waals surface area contributed by atoms with Gasteiger partial charge in [-0.05, 0) is 0 Å². The van der Waals surface area contributed by atoms with Gasteiger partial charge in [0.25, 0.3) is 5.91 Å². The van der Waals surface area contributed by atoms with Gasteiger partial charge in [-0.1, -0.05) is 0 Å². The van der Waals surface area contributed by atoms with Crippen LogP contribution in [0, 0.1) is 0 Å². The van der Waals surface area contributed by atoms with E-state index in [4.69, 9.17) is 5.11 Å². The number of hydrogen-bond donors (Lipinski definition) is 3. The largest absolute Gasteiger partial charge is 0.466 e. The van der Waals surface area contributed by atoms with Crippen molar-refractivity contribution in [2.75, 3.05) is 7.11 Å². The van der Waals surface area contributed by atoms with Crippen LogP contribution in [-0.4, -0.2) is 42.0 Å². The van der Waals surface area contributed by atoms with E-state index in [1.807, 2.05) is 0 Å². The molecule has 1 saturated heterocycles. The van der Waals surface area contributed by atoms with Crippen molar-refractivity contribution in [2.24, 2.45) is 0 Å². The molecule has 0 aliphatic carbocycles. The maximum atomic E-state index is 13.6. The molecule has 1 rings (SSSR count). The third kappa shape index (κ3) is 1.29. The summed E-state index contributed by atoms with van der Waals surface area (Å²) in [5, 5.41) is 12.1. The Morgan fingerprint density at radius 1 is 1.64 bits per heavy atom. The van der Waals surface area contributed by atoms with E-state index < -0.39 is 29.8 Å². The minimum Gasteiger partial charge on any atom is -0.466 e. The number of aliphatic hydroxyl groups is 1. The van der Waals surface area contributed by atoms with Crippen molar-refractivity contribution < 1.29 is 28.6 Å². The van der Waals surface area contributed by atoms with Crippen LogP contribution in [0.2, 0.25) is 0 Å². The zero-order chi connectivity index (χ0) is 10.9. The number of carbonyl (C=O) groups is 3. The van der Waals surface area contributed by atoms with Gasteiger partial charge in [0.05, 0.1) is 7.11 Å². The molecular formula is C6H7FN2O5. The molecule has 0 aromatic rings. The molecule has 1 fully saturated rings. The van der Waals surface area contributed by atoms with Gasteiger partial charge >= 0.3 is 17.7 Å². The summed E-state index contributed by atoms with van der Waals surface area (Å²) < 4.78 is 17.6. The molecule has 0 aromatic carbocycles. The summed E-state index contributed by atoms with van der Waals surface area (Å²) in [5.74, 6) is -3.14. The second-order valence-electron chi connectivity index (χ2n) is 2.53. The number of hydrogen-bond acceptors (Lipinski definition) is 5. The summed E-state index contributed by atoms with van der Waals surface area (Å²) in [7, 11) is 0.847. The molecule has 78 valence electrons. The number of urea groups is 1. The van der Waals surface area contributed by atoms with Gasteiger partial charge in [-0.2, -0.15) is 0 Å². The third-order valence-electron chi connectivity index (χ3n) is 1.68. The van der Waals surface area contributed by atoms with Gasteiger partial charge in [0.1, 0.15) is 0 Å². The van der Waals surface area contributed by atoms with Crippen molar-refractivity contribution >= 4 is 17.9 Å². The topological polar surface area (TPSA) is 105 Å². The number of nitrogens with one attached hydrogen (secondary N) is 2. The smallest absolute Gasteiger partial charge is 0.358 e. The van der Waals surface area contributed by atoms with E-state index in [0.717, 1.165) is 7.11 Å². The highest BCUT2D eigenvalue weighted by Crippen LogP contribution is 2.20. The van der Waals surface area contributed by atoms with Crippen molar-refractivity contribution in [3.05, 3.63) is 0 Å². The Labute approximate surface area is 77.2 Å². The molecule has 2 atom stereocenters. The Balaban J connectivity index is 3.01. The lowest BCUT2D eigenvalue weighted by atomic mass is 10.0. The second kappa shape index (κ2) is 3.22. The number of rotatable bonds is 1. The van der Waals surface area contributed by atoms with E-state index >= 15 is 0 Å². The number of halogens is 1. The lowest BCUT2D eigenvalue weighted by molar-refractivity contribution is -0.172. The Morgan fingerprint density at radius 3 is 2.64 bits per heavy atom. The number of methoxy groups -OCH3 is 1. The van der Waals surface area contributed by atoms with Gasteiger partial charge in [-0.25, -0.2) is 14.0 Å². The molecule has 0 aromatic heterocycles. The number of esters is 1. The van der Waals surface area contributed by atoms with Crippen LogP contribution in [0.15, 0.2) is 0 Å². The molecule has 8 heteroatoms. The molecule has 0 bridgehead atoms. The van der Waals surface area contributed by atoms with Gasteiger partial charge in [0, 0.05) is 0 Å². The van der Waals surface area contributed by atoms with E-state index in [2.05, 4.69) is 4.74 Å². The van der Waals surface area contributed by atoms with Crippen molar-refractivity contribution in [2.45, 2.75) is 11.9 Å². The van der Waals surface area contributed by atoms with Crippen molar-refractivity contribution in [1.82, 2.24) is 10.6 Å². The van der Waals surface area contributed by atoms with E-state index in [9.17, 15) is 18.8 Å². The number of imide groups is 1. The molecule has 1 heterocycles. The average molecular weight is 206 g/mol. The highest BCUT2D eigenvalue weighted by molar-refractivity contribution is 6.13. The lowest BCUT2D eigenvalue weighted by Gasteiger charge is -2.30. The van der Waals surface area contributed by atoms with Crippen LogP contribution in [-0.2, 0) is 14.3 Å². The van der Waals surface area contributed by atoms with E-state index in [1.54, 1.807) is 5.32 Å². The number of aliphatic hydroxyl groups excluding tert-OH is 1. The van der Waals surface area contributed by atoms with Crippen molar-refractivity contribution in [3.63, 3.8) is 0 Å². The van der Waals surface area contributed by atoms with Gasteiger partial charge in [0.2, 0.25) is 0 Å². The van der Waals surface area contributed by atoms with Crippen molar-refractivity contribution in [1.29, 1.82) is 0 Å². The number of carbonyl (C=O) groups excluding carboxylic acids is 3. The highest BCUT2D eigenvalue weighted by atomic mass is 19.1. The molecule has 1 aliphatic heterocycles. The monoisotopic (exact) mass is 206 g/mol. The molecule has 14 heavy (non-hydrogen) atoms. The Bertz CT molecular complexity index is 307. The quantitative estimate of drug-likeness (QED) is 0.341. The first-order chi connectivity index (χ1) is 6.42. The van der Waals surface area contributed by atoms with Gasteiger partial charge in [0.15, 0.2) is 6.23 Å². The summed E-state index contributed by atoms with van der Waals surface area (Å²) in [5.41, 5.74) is -3.30. The molecular weight excluding hydrogens is 199 g/mol. The third-order valence-corrected chi connectivity index (χ3v) is 1.68. The number of alkyl halides is 1. The average Bonchev–Trinajstić information content (AvgIpc) is 2.12. The first-order valence-electron chi connectivity index (χ1n) is 3.50. The molecule has 1 aliphatic rings. The molecule has 3 N–H and O–H groups in total. The Morgan fingerprint density at radius 2 is 2.21 bits per heavy atom.